The molecule has 4 heterocycles. The van der Waals surface area contributed by atoms with Crippen molar-refractivity contribution in [2.45, 2.75) is 57.8 Å². The van der Waals surface area contributed by atoms with Gasteiger partial charge in [0, 0.05) is 51.3 Å². The topological polar surface area (TPSA) is 127 Å². The molecule has 0 atom stereocenters. The van der Waals surface area contributed by atoms with Gasteiger partial charge in [0.15, 0.2) is 11.4 Å². The van der Waals surface area contributed by atoms with E-state index in [9.17, 15) is 9.90 Å². The number of nitrogens with one attached hydrogen (secondary N) is 1. The summed E-state index contributed by atoms with van der Waals surface area (Å²) in [4.78, 5) is 22.9. The Hall–Kier alpha value is -3.86. The average Bonchev–Trinajstić information content (AvgIpc) is 3.43. The molecule has 1 amide bonds. The third-order valence-corrected chi connectivity index (χ3v) is 6.13. The number of hydrogen-bond donors (Lipinski definition) is 2. The summed E-state index contributed by atoms with van der Waals surface area (Å²) in [6.07, 6.45) is 4.98. The first kappa shape index (κ1) is 24.8. The van der Waals surface area contributed by atoms with E-state index in [0.717, 1.165) is 11.2 Å². The second-order valence-corrected chi connectivity index (χ2v) is 10.3. The van der Waals surface area contributed by atoms with Crippen molar-refractivity contribution < 1.29 is 23.8 Å². The van der Waals surface area contributed by atoms with Crippen LogP contribution in [0.2, 0.25) is 0 Å². The Kier molecular flexibility index (Phi) is 6.63. The number of aliphatic hydroxyl groups excluding tert-OH is 1. The number of fused-ring (bicyclic) bond motifs is 2. The number of aromatic nitrogens is 4. The lowest BCUT2D eigenvalue weighted by Gasteiger charge is -2.35. The molecule has 2 N–H and O–H groups in total. The second-order valence-electron chi connectivity index (χ2n) is 10.3. The fourth-order valence-electron chi connectivity index (χ4n) is 4.31. The number of aliphatic hydroxyl groups is 1. The van der Waals surface area contributed by atoms with Gasteiger partial charge in [-0.15, -0.1) is 5.10 Å². The molecule has 4 aromatic rings. The molecule has 0 unspecified atom stereocenters. The molecule has 0 aliphatic heterocycles. The number of rotatable bonds is 8. The zero-order valence-electron chi connectivity index (χ0n) is 21.5. The maximum absolute atomic E-state index is 12.0. The highest BCUT2D eigenvalue weighted by Gasteiger charge is 2.33. The molecule has 1 saturated carbocycles. The zero-order chi connectivity index (χ0) is 26.2. The van der Waals surface area contributed by atoms with E-state index in [1.54, 1.807) is 23.0 Å². The number of hydrogen-bond acceptors (Lipinski definition) is 9. The van der Waals surface area contributed by atoms with E-state index in [-0.39, 0.29) is 18.8 Å². The van der Waals surface area contributed by atoms with Crippen LogP contribution in [0.4, 0.5) is 10.6 Å². The molecule has 1 aliphatic rings. The van der Waals surface area contributed by atoms with Gasteiger partial charge in [0.2, 0.25) is 5.88 Å². The standard InChI is InChI=1S/C26H32N6O5/c1-26(2,3)37-25(34)29-16-12-17(13-16)35-23-7-6-22-28-15-19(32(22)30-23)21-14-18-20(36-21)8-9-27-24(18)31(4)10-5-11-33/h6-9,14-17,33H,5,10-13H2,1-4H3,(H,29,34). The number of pyridine rings is 1. The molecule has 1 fully saturated rings. The van der Waals surface area contributed by atoms with Gasteiger partial charge in [0.1, 0.15) is 28.8 Å². The van der Waals surface area contributed by atoms with Gasteiger partial charge in [0.05, 0.1) is 11.6 Å². The van der Waals surface area contributed by atoms with Crippen LogP contribution in [0.3, 0.4) is 0 Å². The molecule has 37 heavy (non-hydrogen) atoms. The summed E-state index contributed by atoms with van der Waals surface area (Å²) >= 11 is 0. The predicted molar refractivity (Wildman–Crippen MR) is 138 cm³/mol. The van der Waals surface area contributed by atoms with E-state index in [1.165, 1.54) is 0 Å². The Morgan fingerprint density at radius 3 is 2.84 bits per heavy atom. The summed E-state index contributed by atoms with van der Waals surface area (Å²) in [5.74, 6) is 1.86. The number of amides is 1. The minimum Gasteiger partial charge on any atom is -0.473 e. The molecule has 0 spiro atoms. The van der Waals surface area contributed by atoms with Gasteiger partial charge in [-0.25, -0.2) is 19.3 Å². The van der Waals surface area contributed by atoms with Crippen LogP contribution in [0.1, 0.15) is 40.0 Å². The van der Waals surface area contributed by atoms with Gasteiger partial charge in [-0.05, 0) is 45.4 Å². The van der Waals surface area contributed by atoms with Crippen molar-refractivity contribution in [2.75, 3.05) is 25.1 Å². The molecule has 0 radical (unpaired) electrons. The largest absolute Gasteiger partial charge is 0.473 e. The van der Waals surface area contributed by atoms with Gasteiger partial charge >= 0.3 is 6.09 Å². The van der Waals surface area contributed by atoms with Crippen molar-refractivity contribution in [1.29, 1.82) is 0 Å². The number of ether oxygens (including phenoxy) is 2. The van der Waals surface area contributed by atoms with Crippen LogP contribution in [-0.2, 0) is 4.74 Å². The Labute approximate surface area is 214 Å². The van der Waals surface area contributed by atoms with Crippen molar-refractivity contribution in [3.8, 4) is 17.3 Å². The highest BCUT2D eigenvalue weighted by Crippen LogP contribution is 2.33. The van der Waals surface area contributed by atoms with E-state index in [4.69, 9.17) is 13.9 Å². The minimum atomic E-state index is -0.528. The Morgan fingerprint density at radius 2 is 2.08 bits per heavy atom. The molecule has 1 aliphatic carbocycles. The number of carbonyl (C=O) groups is 1. The number of nitrogens with zero attached hydrogens (tertiary/aromatic N) is 5. The lowest BCUT2D eigenvalue weighted by Crippen LogP contribution is -2.50. The third-order valence-electron chi connectivity index (χ3n) is 6.13. The number of anilines is 1. The van der Waals surface area contributed by atoms with Crippen LogP contribution >= 0.6 is 0 Å². The summed E-state index contributed by atoms with van der Waals surface area (Å²) in [5, 5.41) is 17.6. The Balaban J connectivity index is 1.30. The first-order valence-corrected chi connectivity index (χ1v) is 12.4. The first-order chi connectivity index (χ1) is 17.7. The van der Waals surface area contributed by atoms with Crippen LogP contribution in [-0.4, -0.2) is 68.7 Å². The predicted octanol–water partition coefficient (Wildman–Crippen LogP) is 3.79. The van der Waals surface area contributed by atoms with Crippen LogP contribution in [0, 0.1) is 0 Å². The zero-order valence-corrected chi connectivity index (χ0v) is 21.5. The van der Waals surface area contributed by atoms with Gasteiger partial charge in [-0.1, -0.05) is 0 Å². The normalized spacial score (nSPS) is 17.5. The maximum Gasteiger partial charge on any atom is 0.407 e. The molecule has 0 saturated heterocycles. The van der Waals surface area contributed by atoms with Crippen LogP contribution in [0.5, 0.6) is 5.88 Å². The summed E-state index contributed by atoms with van der Waals surface area (Å²) in [6.45, 7) is 6.31. The smallest absolute Gasteiger partial charge is 0.407 e. The van der Waals surface area contributed by atoms with Crippen molar-refractivity contribution in [3.05, 3.63) is 36.7 Å². The number of carbonyl (C=O) groups excluding carboxylic acids is 1. The summed E-state index contributed by atoms with van der Waals surface area (Å²) in [6, 6.07) is 7.41. The maximum atomic E-state index is 12.0. The van der Waals surface area contributed by atoms with E-state index in [0.29, 0.717) is 54.4 Å². The van der Waals surface area contributed by atoms with Crippen LogP contribution < -0.4 is 15.0 Å². The lowest BCUT2D eigenvalue weighted by atomic mass is 9.89. The number of furan rings is 1. The van der Waals surface area contributed by atoms with Crippen LogP contribution in [0.25, 0.3) is 28.1 Å². The molecule has 0 aromatic carbocycles. The van der Waals surface area contributed by atoms with E-state index < -0.39 is 11.7 Å². The van der Waals surface area contributed by atoms with Crippen molar-refractivity contribution >= 4 is 28.5 Å². The number of imidazole rings is 1. The second kappa shape index (κ2) is 9.89. The summed E-state index contributed by atoms with van der Waals surface area (Å²) in [5.41, 5.74) is 1.54. The summed E-state index contributed by atoms with van der Waals surface area (Å²) in [7, 11) is 1.94. The highest BCUT2D eigenvalue weighted by molar-refractivity contribution is 5.91. The van der Waals surface area contributed by atoms with E-state index in [2.05, 4.69) is 20.4 Å². The Bertz CT molecular complexity index is 1400. The third kappa shape index (κ3) is 5.46. The SMILES string of the molecule is CN(CCCO)c1nccc2oc(-c3cnc4ccc(OC5CC(NC(=O)OC(C)(C)C)C5)nn34)cc12. The van der Waals surface area contributed by atoms with Gasteiger partial charge in [-0.2, -0.15) is 0 Å². The highest BCUT2D eigenvalue weighted by atomic mass is 16.6. The first-order valence-electron chi connectivity index (χ1n) is 12.4. The summed E-state index contributed by atoms with van der Waals surface area (Å²) < 4.78 is 19.2. The molecule has 0 bridgehead atoms. The van der Waals surface area contributed by atoms with Gasteiger partial charge in [-0.3, -0.25) is 0 Å². The lowest BCUT2D eigenvalue weighted by molar-refractivity contribution is 0.0352. The molecule has 4 aromatic heterocycles. The van der Waals surface area contributed by atoms with E-state index in [1.807, 2.05) is 50.9 Å². The van der Waals surface area contributed by atoms with E-state index >= 15 is 0 Å². The van der Waals surface area contributed by atoms with Gasteiger partial charge in [0.25, 0.3) is 0 Å². The van der Waals surface area contributed by atoms with Crippen LogP contribution in [0.15, 0.2) is 41.1 Å². The molecule has 11 heteroatoms. The molecular formula is C26H32N6O5. The van der Waals surface area contributed by atoms with Gasteiger partial charge < -0.3 is 29.2 Å². The molecular weight excluding hydrogens is 476 g/mol. The average molecular weight is 509 g/mol. The minimum absolute atomic E-state index is 0.0150. The molecule has 196 valence electrons. The fraction of sp³-hybridized carbons (Fsp3) is 0.462. The quantitative estimate of drug-likeness (QED) is 0.365. The van der Waals surface area contributed by atoms with Crippen molar-refractivity contribution in [2.24, 2.45) is 0 Å². The van der Waals surface area contributed by atoms with Crippen molar-refractivity contribution in [1.82, 2.24) is 24.9 Å². The Morgan fingerprint density at radius 1 is 1.27 bits per heavy atom. The molecule has 11 nitrogen and oxygen atoms in total. The monoisotopic (exact) mass is 508 g/mol. The van der Waals surface area contributed by atoms with Crippen molar-refractivity contribution in [3.63, 3.8) is 0 Å². The number of alkyl carbamates (subject to hydrolysis) is 1. The molecule has 5 rings (SSSR count). The fourth-order valence-corrected chi connectivity index (χ4v) is 4.31.